The normalized spacial score (nSPS) is 22.4. The van der Waals surface area contributed by atoms with E-state index in [1.54, 1.807) is 0 Å². The van der Waals surface area contributed by atoms with E-state index >= 15 is 0 Å². The Morgan fingerprint density at radius 3 is 2.78 bits per heavy atom. The molecule has 2 unspecified atom stereocenters. The standard InChI is InChI=1S/C15H21N3/c1-12(15-6-4-13(9-16)5-7-15)18-8-2-3-14(10-17)11-18/h4-7,12,14H,2-3,8,10-11,17H2,1H3. The molecule has 1 aromatic carbocycles. The van der Waals surface area contributed by atoms with E-state index in [-0.39, 0.29) is 0 Å². The molecule has 2 rings (SSSR count). The Bertz CT molecular complexity index is 418. The van der Waals surface area contributed by atoms with Crippen molar-refractivity contribution in [2.24, 2.45) is 11.7 Å². The van der Waals surface area contributed by atoms with Crippen LogP contribution in [0, 0.1) is 17.2 Å². The van der Waals surface area contributed by atoms with Crippen molar-refractivity contribution >= 4 is 0 Å². The second-order valence-corrected chi connectivity index (χ2v) is 5.15. The highest BCUT2D eigenvalue weighted by Gasteiger charge is 2.23. The van der Waals surface area contributed by atoms with Gasteiger partial charge in [0.1, 0.15) is 0 Å². The van der Waals surface area contributed by atoms with Crippen LogP contribution in [0.15, 0.2) is 24.3 Å². The lowest BCUT2D eigenvalue weighted by Gasteiger charge is -2.36. The molecule has 0 bridgehead atoms. The molecule has 3 heteroatoms. The van der Waals surface area contributed by atoms with E-state index in [0.717, 1.165) is 25.2 Å². The topological polar surface area (TPSA) is 53.0 Å². The SMILES string of the molecule is CC(c1ccc(C#N)cc1)N1CCCC(CN)C1. The van der Waals surface area contributed by atoms with Crippen LogP contribution in [0.4, 0.5) is 0 Å². The molecule has 1 fully saturated rings. The van der Waals surface area contributed by atoms with Gasteiger partial charge in [0.05, 0.1) is 11.6 Å². The number of rotatable bonds is 3. The average molecular weight is 243 g/mol. The van der Waals surface area contributed by atoms with E-state index in [1.165, 1.54) is 18.4 Å². The van der Waals surface area contributed by atoms with Gasteiger partial charge in [-0.3, -0.25) is 4.90 Å². The smallest absolute Gasteiger partial charge is 0.0991 e. The van der Waals surface area contributed by atoms with Crippen molar-refractivity contribution in [1.29, 1.82) is 5.26 Å². The molecule has 1 aliphatic heterocycles. The largest absolute Gasteiger partial charge is 0.330 e. The minimum absolute atomic E-state index is 0.409. The first kappa shape index (κ1) is 13.1. The van der Waals surface area contributed by atoms with Crippen LogP contribution < -0.4 is 5.73 Å². The molecule has 0 radical (unpaired) electrons. The van der Waals surface area contributed by atoms with Crippen molar-refractivity contribution in [3.8, 4) is 6.07 Å². The van der Waals surface area contributed by atoms with E-state index in [0.29, 0.717) is 12.0 Å². The minimum Gasteiger partial charge on any atom is -0.330 e. The maximum atomic E-state index is 8.81. The molecule has 2 atom stereocenters. The summed E-state index contributed by atoms with van der Waals surface area (Å²) >= 11 is 0. The maximum Gasteiger partial charge on any atom is 0.0991 e. The van der Waals surface area contributed by atoms with Gasteiger partial charge in [-0.05, 0) is 56.5 Å². The number of hydrogen-bond acceptors (Lipinski definition) is 3. The van der Waals surface area contributed by atoms with Crippen molar-refractivity contribution in [2.75, 3.05) is 19.6 Å². The zero-order valence-corrected chi connectivity index (χ0v) is 11.0. The van der Waals surface area contributed by atoms with Crippen LogP contribution in [0.5, 0.6) is 0 Å². The van der Waals surface area contributed by atoms with E-state index < -0.39 is 0 Å². The van der Waals surface area contributed by atoms with Crippen LogP contribution in [-0.2, 0) is 0 Å². The molecule has 2 N–H and O–H groups in total. The second-order valence-electron chi connectivity index (χ2n) is 5.15. The maximum absolute atomic E-state index is 8.81. The number of nitrogens with two attached hydrogens (primary N) is 1. The molecular weight excluding hydrogens is 222 g/mol. The molecule has 0 amide bonds. The third-order valence-corrected chi connectivity index (χ3v) is 3.95. The highest BCUT2D eigenvalue weighted by molar-refractivity contribution is 5.32. The fraction of sp³-hybridized carbons (Fsp3) is 0.533. The third-order valence-electron chi connectivity index (χ3n) is 3.95. The molecule has 1 heterocycles. The zero-order chi connectivity index (χ0) is 13.0. The fourth-order valence-electron chi connectivity index (χ4n) is 2.69. The van der Waals surface area contributed by atoms with Gasteiger partial charge < -0.3 is 5.73 Å². The van der Waals surface area contributed by atoms with E-state index in [4.69, 9.17) is 11.0 Å². The number of benzene rings is 1. The van der Waals surface area contributed by atoms with Gasteiger partial charge in [0.15, 0.2) is 0 Å². The Morgan fingerprint density at radius 1 is 1.44 bits per heavy atom. The summed E-state index contributed by atoms with van der Waals surface area (Å²) in [5.74, 6) is 0.639. The van der Waals surface area contributed by atoms with Crippen molar-refractivity contribution < 1.29 is 0 Å². The van der Waals surface area contributed by atoms with Gasteiger partial charge in [-0.2, -0.15) is 5.26 Å². The van der Waals surface area contributed by atoms with Crippen molar-refractivity contribution in [3.63, 3.8) is 0 Å². The van der Waals surface area contributed by atoms with Gasteiger partial charge in [0.25, 0.3) is 0 Å². The number of likely N-dealkylation sites (tertiary alicyclic amines) is 1. The average Bonchev–Trinajstić information content (AvgIpc) is 2.46. The number of piperidine rings is 1. The van der Waals surface area contributed by atoms with Gasteiger partial charge in [-0.25, -0.2) is 0 Å². The Labute approximate surface area is 109 Å². The summed E-state index contributed by atoms with van der Waals surface area (Å²) in [5.41, 5.74) is 7.79. The fourth-order valence-corrected chi connectivity index (χ4v) is 2.69. The molecule has 1 saturated heterocycles. The molecule has 0 aromatic heterocycles. The Balaban J connectivity index is 2.05. The molecule has 0 spiro atoms. The van der Waals surface area contributed by atoms with Gasteiger partial charge in [0, 0.05) is 12.6 Å². The van der Waals surface area contributed by atoms with Crippen LogP contribution in [0.3, 0.4) is 0 Å². The molecule has 0 saturated carbocycles. The highest BCUT2D eigenvalue weighted by atomic mass is 15.2. The minimum atomic E-state index is 0.409. The molecular formula is C15H21N3. The number of nitrogens with zero attached hydrogens (tertiary/aromatic N) is 2. The summed E-state index contributed by atoms with van der Waals surface area (Å²) < 4.78 is 0. The lowest BCUT2D eigenvalue weighted by molar-refractivity contribution is 0.134. The Kier molecular flexibility index (Phi) is 4.35. The lowest BCUT2D eigenvalue weighted by Crippen LogP contribution is -2.39. The third kappa shape index (κ3) is 2.90. The monoisotopic (exact) mass is 243 g/mol. The summed E-state index contributed by atoms with van der Waals surface area (Å²) in [5, 5.41) is 8.81. The summed E-state index contributed by atoms with van der Waals surface area (Å²) in [7, 11) is 0. The summed E-state index contributed by atoms with van der Waals surface area (Å²) in [6.07, 6.45) is 2.50. The second kappa shape index (κ2) is 5.99. The van der Waals surface area contributed by atoms with Crippen LogP contribution in [0.2, 0.25) is 0 Å². The molecule has 3 nitrogen and oxygen atoms in total. The van der Waals surface area contributed by atoms with Crippen LogP contribution >= 0.6 is 0 Å². The van der Waals surface area contributed by atoms with Crippen molar-refractivity contribution in [1.82, 2.24) is 4.90 Å². The predicted molar refractivity (Wildman–Crippen MR) is 72.9 cm³/mol. The van der Waals surface area contributed by atoms with Crippen LogP contribution in [0.25, 0.3) is 0 Å². The molecule has 18 heavy (non-hydrogen) atoms. The molecule has 1 aliphatic rings. The van der Waals surface area contributed by atoms with Crippen molar-refractivity contribution in [2.45, 2.75) is 25.8 Å². The molecule has 96 valence electrons. The van der Waals surface area contributed by atoms with Crippen LogP contribution in [-0.4, -0.2) is 24.5 Å². The molecule has 1 aromatic rings. The van der Waals surface area contributed by atoms with Crippen LogP contribution in [0.1, 0.15) is 36.9 Å². The number of hydrogen-bond donors (Lipinski definition) is 1. The van der Waals surface area contributed by atoms with Crippen molar-refractivity contribution in [3.05, 3.63) is 35.4 Å². The van der Waals surface area contributed by atoms with Gasteiger partial charge in [-0.1, -0.05) is 12.1 Å². The zero-order valence-electron chi connectivity index (χ0n) is 11.0. The summed E-state index contributed by atoms with van der Waals surface area (Å²) in [6, 6.07) is 10.5. The first-order chi connectivity index (χ1) is 8.74. The summed E-state index contributed by atoms with van der Waals surface area (Å²) in [6.45, 7) is 5.27. The summed E-state index contributed by atoms with van der Waals surface area (Å²) in [4.78, 5) is 2.50. The predicted octanol–water partition coefficient (Wildman–Crippen LogP) is 2.29. The van der Waals surface area contributed by atoms with E-state index in [2.05, 4.69) is 30.0 Å². The Hall–Kier alpha value is -1.37. The first-order valence-electron chi connectivity index (χ1n) is 6.68. The van der Waals surface area contributed by atoms with Gasteiger partial charge in [0.2, 0.25) is 0 Å². The highest BCUT2D eigenvalue weighted by Crippen LogP contribution is 2.26. The van der Waals surface area contributed by atoms with Gasteiger partial charge in [-0.15, -0.1) is 0 Å². The van der Waals surface area contributed by atoms with E-state index in [1.807, 2.05) is 12.1 Å². The number of nitriles is 1. The Morgan fingerprint density at radius 2 is 2.17 bits per heavy atom. The molecule has 0 aliphatic carbocycles. The first-order valence-corrected chi connectivity index (χ1v) is 6.68. The quantitative estimate of drug-likeness (QED) is 0.886. The van der Waals surface area contributed by atoms with Gasteiger partial charge >= 0.3 is 0 Å². The van der Waals surface area contributed by atoms with E-state index in [9.17, 15) is 0 Å². The lowest BCUT2D eigenvalue weighted by atomic mass is 9.95.